The van der Waals surface area contributed by atoms with Crippen molar-refractivity contribution in [3.63, 3.8) is 0 Å². The van der Waals surface area contributed by atoms with Gasteiger partial charge in [0.1, 0.15) is 0 Å². The first-order valence-electron chi connectivity index (χ1n) is 10.3. The van der Waals surface area contributed by atoms with Crippen molar-refractivity contribution < 1.29 is 14.7 Å². The number of aliphatic hydroxyl groups is 1. The molecule has 0 spiro atoms. The maximum absolute atomic E-state index is 13.5. The molecule has 0 radical (unpaired) electrons. The van der Waals surface area contributed by atoms with Gasteiger partial charge in [-0.25, -0.2) is 4.79 Å². The number of fused-ring (bicyclic) bond motifs is 1. The van der Waals surface area contributed by atoms with Gasteiger partial charge in [0.25, 0.3) is 11.6 Å². The minimum Gasteiger partial charge on any atom is -0.359 e. The van der Waals surface area contributed by atoms with E-state index in [-0.39, 0.29) is 11.6 Å². The normalized spacial score (nSPS) is 23.4. The molecule has 0 aliphatic carbocycles. The molecule has 9 heteroatoms. The Bertz CT molecular complexity index is 1000. The predicted octanol–water partition coefficient (Wildman–Crippen LogP) is 3.90. The van der Waals surface area contributed by atoms with E-state index < -0.39 is 17.7 Å². The predicted molar refractivity (Wildman–Crippen MR) is 124 cm³/mol. The van der Waals surface area contributed by atoms with E-state index in [9.17, 15) is 14.7 Å². The van der Waals surface area contributed by atoms with Crippen molar-refractivity contribution >= 4 is 50.8 Å². The second-order valence-electron chi connectivity index (χ2n) is 7.74. The number of hydrogen-bond donors (Lipinski definition) is 3. The molecule has 3 N–H and O–H groups in total. The van der Waals surface area contributed by atoms with Gasteiger partial charge in [-0.15, -0.1) is 0 Å². The SMILES string of the molecule is CCN1CCC[C@H]1CNC(=O)[C@@]1(O)c2cc(Br)ccc2NC(=O)N1c1ccc(Cl)cc1. The maximum atomic E-state index is 13.5. The van der Waals surface area contributed by atoms with Gasteiger partial charge in [-0.2, -0.15) is 0 Å². The Morgan fingerprint density at radius 1 is 1.32 bits per heavy atom. The summed E-state index contributed by atoms with van der Waals surface area (Å²) >= 11 is 9.40. The summed E-state index contributed by atoms with van der Waals surface area (Å²) in [6.07, 6.45) is 2.06. The lowest BCUT2D eigenvalue weighted by atomic mass is 9.94. The van der Waals surface area contributed by atoms with Crippen molar-refractivity contribution in [2.75, 3.05) is 29.9 Å². The van der Waals surface area contributed by atoms with Crippen LogP contribution in [0.4, 0.5) is 16.2 Å². The number of amides is 3. The molecule has 3 amide bonds. The highest BCUT2D eigenvalue weighted by Gasteiger charge is 2.52. The van der Waals surface area contributed by atoms with Crippen molar-refractivity contribution in [1.29, 1.82) is 0 Å². The Hall–Kier alpha value is -2.13. The fraction of sp³-hybridized carbons (Fsp3) is 0.364. The third-order valence-electron chi connectivity index (χ3n) is 5.93. The van der Waals surface area contributed by atoms with Crippen molar-refractivity contribution in [2.45, 2.75) is 31.5 Å². The van der Waals surface area contributed by atoms with Gasteiger partial charge in [0, 0.05) is 33.3 Å². The molecule has 1 saturated heterocycles. The van der Waals surface area contributed by atoms with Crippen LogP contribution >= 0.6 is 27.5 Å². The van der Waals surface area contributed by atoms with E-state index in [0.717, 1.165) is 30.8 Å². The Morgan fingerprint density at radius 3 is 2.77 bits per heavy atom. The second kappa shape index (κ2) is 8.78. The fourth-order valence-corrected chi connectivity index (χ4v) is 4.83. The lowest BCUT2D eigenvalue weighted by molar-refractivity contribution is -0.140. The molecule has 31 heavy (non-hydrogen) atoms. The zero-order chi connectivity index (χ0) is 22.2. The van der Waals surface area contributed by atoms with Crippen LogP contribution in [0.1, 0.15) is 25.3 Å². The number of rotatable bonds is 5. The van der Waals surface area contributed by atoms with Crippen molar-refractivity contribution in [3.8, 4) is 0 Å². The third kappa shape index (κ3) is 4.05. The van der Waals surface area contributed by atoms with Crippen molar-refractivity contribution in [1.82, 2.24) is 10.2 Å². The summed E-state index contributed by atoms with van der Waals surface area (Å²) in [5, 5.41) is 18.0. The number of carbonyl (C=O) groups is 2. The van der Waals surface area contributed by atoms with E-state index in [2.05, 4.69) is 38.4 Å². The number of benzene rings is 2. The number of urea groups is 1. The lowest BCUT2D eigenvalue weighted by Crippen LogP contribution is -2.63. The molecule has 7 nitrogen and oxygen atoms in total. The summed E-state index contributed by atoms with van der Waals surface area (Å²) in [5.41, 5.74) is -1.22. The number of hydrogen-bond acceptors (Lipinski definition) is 4. The fourth-order valence-electron chi connectivity index (χ4n) is 4.35. The molecule has 2 aromatic carbocycles. The topological polar surface area (TPSA) is 84.9 Å². The van der Waals surface area contributed by atoms with Gasteiger partial charge < -0.3 is 15.7 Å². The molecule has 4 rings (SSSR count). The number of nitrogens with zero attached hydrogens (tertiary/aromatic N) is 2. The van der Waals surface area contributed by atoms with Crippen LogP contribution in [0.3, 0.4) is 0 Å². The third-order valence-corrected chi connectivity index (χ3v) is 6.68. The molecule has 0 bridgehead atoms. The van der Waals surface area contributed by atoms with Crippen LogP contribution in [0.25, 0.3) is 0 Å². The summed E-state index contributed by atoms with van der Waals surface area (Å²) in [4.78, 5) is 29.9. The average Bonchev–Trinajstić information content (AvgIpc) is 3.21. The minimum atomic E-state index is -2.23. The molecule has 2 aliphatic heterocycles. The first-order chi connectivity index (χ1) is 14.8. The molecule has 0 unspecified atom stereocenters. The number of nitrogens with one attached hydrogen (secondary N) is 2. The molecule has 2 aliphatic rings. The van der Waals surface area contributed by atoms with E-state index in [1.807, 2.05) is 0 Å². The van der Waals surface area contributed by atoms with Crippen LogP contribution in [-0.4, -0.2) is 47.6 Å². The molecular formula is C22H24BrClN4O3. The quantitative estimate of drug-likeness (QED) is 0.573. The van der Waals surface area contributed by atoms with Crippen LogP contribution < -0.4 is 15.5 Å². The van der Waals surface area contributed by atoms with Crippen molar-refractivity contribution in [2.24, 2.45) is 0 Å². The second-order valence-corrected chi connectivity index (χ2v) is 9.09. The number of carbonyl (C=O) groups excluding carboxylic acids is 2. The van der Waals surface area contributed by atoms with Gasteiger partial charge >= 0.3 is 6.03 Å². The Morgan fingerprint density at radius 2 is 2.06 bits per heavy atom. The first-order valence-corrected chi connectivity index (χ1v) is 11.4. The maximum Gasteiger partial charge on any atom is 0.329 e. The molecule has 1 fully saturated rings. The minimum absolute atomic E-state index is 0.209. The van der Waals surface area contributed by atoms with Crippen LogP contribution in [-0.2, 0) is 10.5 Å². The smallest absolute Gasteiger partial charge is 0.329 e. The molecule has 2 aromatic rings. The van der Waals surface area contributed by atoms with Gasteiger partial charge in [-0.05, 0) is 68.4 Å². The Labute approximate surface area is 194 Å². The van der Waals surface area contributed by atoms with Crippen molar-refractivity contribution in [3.05, 3.63) is 57.5 Å². The highest BCUT2D eigenvalue weighted by atomic mass is 79.9. The van der Waals surface area contributed by atoms with Gasteiger partial charge in [-0.3, -0.25) is 14.6 Å². The van der Waals surface area contributed by atoms with Gasteiger partial charge in [0.2, 0.25) is 0 Å². The van der Waals surface area contributed by atoms with Crippen LogP contribution in [0.15, 0.2) is 46.9 Å². The zero-order valence-electron chi connectivity index (χ0n) is 17.1. The number of halogens is 2. The molecule has 2 heterocycles. The average molecular weight is 508 g/mol. The monoisotopic (exact) mass is 506 g/mol. The summed E-state index contributed by atoms with van der Waals surface area (Å²) in [7, 11) is 0. The Kier molecular flexibility index (Phi) is 6.25. The number of likely N-dealkylation sites (tertiary alicyclic amines) is 1. The van der Waals surface area contributed by atoms with E-state index in [4.69, 9.17) is 11.6 Å². The van der Waals surface area contributed by atoms with Gasteiger partial charge in [-0.1, -0.05) is 34.5 Å². The van der Waals surface area contributed by atoms with Crippen LogP contribution in [0.2, 0.25) is 5.02 Å². The molecule has 2 atom stereocenters. The lowest BCUT2D eigenvalue weighted by Gasteiger charge is -2.43. The molecule has 164 valence electrons. The van der Waals surface area contributed by atoms with Crippen LogP contribution in [0.5, 0.6) is 0 Å². The van der Waals surface area contributed by atoms with E-state index in [1.165, 1.54) is 0 Å². The number of likely N-dealkylation sites (N-methyl/N-ethyl adjacent to an activating group) is 1. The van der Waals surface area contributed by atoms with E-state index in [0.29, 0.717) is 27.4 Å². The molecule has 0 aromatic heterocycles. The summed E-state index contributed by atoms with van der Waals surface area (Å²) in [6, 6.07) is 11.1. The van der Waals surface area contributed by atoms with Gasteiger partial charge in [0.05, 0.1) is 5.69 Å². The van der Waals surface area contributed by atoms with Crippen LogP contribution in [0, 0.1) is 0 Å². The summed E-state index contributed by atoms with van der Waals surface area (Å²) in [6.45, 7) is 4.39. The van der Waals surface area contributed by atoms with Gasteiger partial charge in [0.15, 0.2) is 0 Å². The first kappa shape index (κ1) is 22.1. The highest BCUT2D eigenvalue weighted by molar-refractivity contribution is 9.10. The summed E-state index contributed by atoms with van der Waals surface area (Å²) < 4.78 is 0.678. The zero-order valence-corrected chi connectivity index (χ0v) is 19.4. The van der Waals surface area contributed by atoms with E-state index >= 15 is 0 Å². The molecular weight excluding hydrogens is 484 g/mol. The standard InChI is InChI=1S/C22H24BrClN4O3/c1-2-27-11-3-4-17(27)13-25-20(29)22(31)18-12-14(23)5-10-19(18)26-21(30)28(22)16-8-6-15(24)7-9-16/h5-10,12,17,31H,2-4,11,13H2,1H3,(H,25,29)(H,26,30)/t17-,22-/m0/s1. The highest BCUT2D eigenvalue weighted by Crippen LogP contribution is 2.41. The number of anilines is 2. The Balaban J connectivity index is 1.73. The largest absolute Gasteiger partial charge is 0.359 e. The van der Waals surface area contributed by atoms with E-state index in [1.54, 1.807) is 42.5 Å². The molecule has 0 saturated carbocycles. The summed E-state index contributed by atoms with van der Waals surface area (Å²) in [5.74, 6) is -0.653.